The van der Waals surface area contributed by atoms with Gasteiger partial charge in [0.05, 0.1) is 6.54 Å². The molecule has 2 amide bonds. The minimum Gasteiger partial charge on any atom is -0.508 e. The van der Waals surface area contributed by atoms with Crippen LogP contribution in [0, 0.1) is 0 Å². The normalized spacial score (nSPS) is 15.8. The van der Waals surface area contributed by atoms with E-state index in [0.29, 0.717) is 31.9 Å². The maximum absolute atomic E-state index is 12.4. The van der Waals surface area contributed by atoms with E-state index >= 15 is 0 Å². The second-order valence-corrected chi connectivity index (χ2v) is 5.02. The Morgan fingerprint density at radius 3 is 2.48 bits per heavy atom. The van der Waals surface area contributed by atoms with Gasteiger partial charge in [0.25, 0.3) is 0 Å². The highest BCUT2D eigenvalue weighted by atomic mass is 16.4. The van der Waals surface area contributed by atoms with Gasteiger partial charge in [0.2, 0.25) is 0 Å². The molecule has 1 aromatic rings. The summed E-state index contributed by atoms with van der Waals surface area (Å²) in [6.45, 7) is 2.09. The Hall–Kier alpha value is -2.28. The van der Waals surface area contributed by atoms with Crippen LogP contribution < -0.4 is 4.90 Å². The summed E-state index contributed by atoms with van der Waals surface area (Å²) < 4.78 is 0. The second kappa shape index (κ2) is 6.45. The molecular formula is C14H19N3O4. The van der Waals surface area contributed by atoms with Crippen molar-refractivity contribution in [1.29, 1.82) is 0 Å². The number of amides is 2. The summed E-state index contributed by atoms with van der Waals surface area (Å²) in [6, 6.07) is 6.35. The number of carboxylic acid groups (broad SMARTS) is 1. The molecule has 1 saturated heterocycles. The van der Waals surface area contributed by atoms with E-state index < -0.39 is 5.97 Å². The standard InChI is InChI=1S/C14H19N3O4/c1-15(11-3-2-4-12(18)9-11)14(21)17-7-5-16(6-8-17)10-13(19)20/h2-4,9,18H,5-8,10H2,1H3,(H,19,20). The SMILES string of the molecule is CN(C(=O)N1CCN(CC(=O)O)CC1)c1cccc(O)c1. The number of phenols is 1. The van der Waals surface area contributed by atoms with Crippen molar-refractivity contribution in [2.45, 2.75) is 0 Å². The van der Waals surface area contributed by atoms with Gasteiger partial charge in [0, 0.05) is 45.0 Å². The third-order valence-corrected chi connectivity index (χ3v) is 3.51. The highest BCUT2D eigenvalue weighted by Crippen LogP contribution is 2.20. The van der Waals surface area contributed by atoms with E-state index in [4.69, 9.17) is 5.11 Å². The summed E-state index contributed by atoms with van der Waals surface area (Å²) in [4.78, 5) is 28.0. The first-order valence-electron chi connectivity index (χ1n) is 6.73. The number of piperazine rings is 1. The molecule has 1 aromatic carbocycles. The molecule has 0 aromatic heterocycles. The van der Waals surface area contributed by atoms with Crippen molar-refractivity contribution in [3.8, 4) is 5.75 Å². The number of hydrogen-bond donors (Lipinski definition) is 2. The largest absolute Gasteiger partial charge is 0.508 e. The topological polar surface area (TPSA) is 84.3 Å². The molecule has 7 heteroatoms. The predicted octanol–water partition coefficient (Wildman–Crippen LogP) is 0.651. The third-order valence-electron chi connectivity index (χ3n) is 3.51. The van der Waals surface area contributed by atoms with Gasteiger partial charge in [-0.2, -0.15) is 0 Å². The number of hydrogen-bond acceptors (Lipinski definition) is 4. The molecule has 1 heterocycles. The molecule has 114 valence electrons. The summed E-state index contributed by atoms with van der Waals surface area (Å²) in [5, 5.41) is 18.2. The van der Waals surface area contributed by atoms with Gasteiger partial charge in [0.15, 0.2) is 0 Å². The number of urea groups is 1. The zero-order valence-corrected chi connectivity index (χ0v) is 11.9. The van der Waals surface area contributed by atoms with E-state index in [2.05, 4.69) is 0 Å². The molecule has 1 aliphatic heterocycles. The van der Waals surface area contributed by atoms with Crippen LogP contribution in [0.4, 0.5) is 10.5 Å². The Labute approximate surface area is 123 Å². The fourth-order valence-corrected chi connectivity index (χ4v) is 2.31. The quantitative estimate of drug-likeness (QED) is 0.855. The van der Waals surface area contributed by atoms with E-state index in [1.807, 2.05) is 0 Å². The summed E-state index contributed by atoms with van der Waals surface area (Å²) in [5.74, 6) is -0.745. The lowest BCUT2D eigenvalue weighted by Gasteiger charge is -2.35. The molecule has 0 spiro atoms. The summed E-state index contributed by atoms with van der Waals surface area (Å²) in [5.41, 5.74) is 0.618. The number of carbonyl (C=O) groups excluding carboxylic acids is 1. The van der Waals surface area contributed by atoms with Gasteiger partial charge in [-0.1, -0.05) is 6.07 Å². The van der Waals surface area contributed by atoms with Crippen LogP contribution in [0.2, 0.25) is 0 Å². The number of benzene rings is 1. The van der Waals surface area contributed by atoms with Crippen LogP contribution in [-0.2, 0) is 4.79 Å². The Morgan fingerprint density at radius 1 is 1.24 bits per heavy atom. The van der Waals surface area contributed by atoms with Gasteiger partial charge in [-0.25, -0.2) is 4.79 Å². The lowest BCUT2D eigenvalue weighted by Crippen LogP contribution is -2.53. The zero-order valence-electron chi connectivity index (χ0n) is 11.9. The fraction of sp³-hybridized carbons (Fsp3) is 0.429. The molecule has 21 heavy (non-hydrogen) atoms. The Kier molecular flexibility index (Phi) is 4.64. The highest BCUT2D eigenvalue weighted by Gasteiger charge is 2.25. The van der Waals surface area contributed by atoms with Gasteiger partial charge in [-0.3, -0.25) is 14.6 Å². The van der Waals surface area contributed by atoms with E-state index in [0.717, 1.165) is 0 Å². The molecule has 0 saturated carbocycles. The lowest BCUT2D eigenvalue weighted by molar-refractivity contribution is -0.138. The number of aliphatic carboxylic acids is 1. The zero-order chi connectivity index (χ0) is 15.4. The van der Waals surface area contributed by atoms with Crippen molar-refractivity contribution >= 4 is 17.7 Å². The molecule has 0 unspecified atom stereocenters. The van der Waals surface area contributed by atoms with Gasteiger partial charge >= 0.3 is 12.0 Å². The lowest BCUT2D eigenvalue weighted by atomic mass is 10.2. The van der Waals surface area contributed by atoms with E-state index in [1.165, 1.54) is 11.0 Å². The maximum atomic E-state index is 12.4. The molecule has 0 aliphatic carbocycles. The van der Waals surface area contributed by atoms with Crippen molar-refractivity contribution in [3.63, 3.8) is 0 Å². The Balaban J connectivity index is 1.94. The van der Waals surface area contributed by atoms with Gasteiger partial charge in [-0.15, -0.1) is 0 Å². The van der Waals surface area contributed by atoms with Gasteiger partial charge in [-0.05, 0) is 12.1 Å². The van der Waals surface area contributed by atoms with Crippen molar-refractivity contribution in [1.82, 2.24) is 9.80 Å². The van der Waals surface area contributed by atoms with Crippen LogP contribution in [-0.4, -0.2) is 71.8 Å². The smallest absolute Gasteiger partial charge is 0.324 e. The first-order chi connectivity index (χ1) is 9.97. The number of carboxylic acids is 1. The van der Waals surface area contributed by atoms with Crippen LogP contribution in [0.25, 0.3) is 0 Å². The first kappa shape index (κ1) is 15.1. The van der Waals surface area contributed by atoms with Crippen molar-refractivity contribution in [2.24, 2.45) is 0 Å². The highest BCUT2D eigenvalue weighted by molar-refractivity contribution is 5.91. The molecule has 0 bridgehead atoms. The minimum absolute atomic E-state index is 0.00439. The summed E-state index contributed by atoms with van der Waals surface area (Å²) in [6.07, 6.45) is 0. The molecule has 0 atom stereocenters. The Bertz CT molecular complexity index is 527. The van der Waals surface area contributed by atoms with Crippen LogP contribution in [0.15, 0.2) is 24.3 Å². The number of carbonyl (C=O) groups is 2. The summed E-state index contributed by atoms with van der Waals surface area (Å²) >= 11 is 0. The van der Waals surface area contributed by atoms with E-state index in [-0.39, 0.29) is 18.3 Å². The molecule has 1 fully saturated rings. The van der Waals surface area contributed by atoms with E-state index in [1.54, 1.807) is 35.0 Å². The fourth-order valence-electron chi connectivity index (χ4n) is 2.31. The average molecular weight is 293 g/mol. The molecule has 7 nitrogen and oxygen atoms in total. The van der Waals surface area contributed by atoms with Crippen molar-refractivity contribution < 1.29 is 19.8 Å². The van der Waals surface area contributed by atoms with Gasteiger partial charge in [0.1, 0.15) is 5.75 Å². The molecule has 1 aliphatic rings. The first-order valence-corrected chi connectivity index (χ1v) is 6.73. The predicted molar refractivity (Wildman–Crippen MR) is 77.6 cm³/mol. The number of phenolic OH excluding ortho intramolecular Hbond substituents is 1. The number of nitrogens with zero attached hydrogens (tertiary/aromatic N) is 3. The maximum Gasteiger partial charge on any atom is 0.324 e. The van der Waals surface area contributed by atoms with Crippen LogP contribution in [0.3, 0.4) is 0 Å². The molecule has 2 N–H and O–H groups in total. The second-order valence-electron chi connectivity index (χ2n) is 5.02. The van der Waals surface area contributed by atoms with Crippen LogP contribution in [0.1, 0.15) is 0 Å². The van der Waals surface area contributed by atoms with Crippen LogP contribution in [0.5, 0.6) is 5.75 Å². The minimum atomic E-state index is -0.855. The molecular weight excluding hydrogens is 274 g/mol. The average Bonchev–Trinajstić information content (AvgIpc) is 2.46. The number of anilines is 1. The third kappa shape index (κ3) is 3.85. The van der Waals surface area contributed by atoms with Crippen molar-refractivity contribution in [2.75, 3.05) is 44.7 Å². The summed E-state index contributed by atoms with van der Waals surface area (Å²) in [7, 11) is 1.65. The monoisotopic (exact) mass is 293 g/mol. The van der Waals surface area contributed by atoms with E-state index in [9.17, 15) is 14.7 Å². The van der Waals surface area contributed by atoms with Crippen LogP contribution >= 0.6 is 0 Å². The van der Waals surface area contributed by atoms with Gasteiger partial charge < -0.3 is 15.1 Å². The van der Waals surface area contributed by atoms with Crippen molar-refractivity contribution in [3.05, 3.63) is 24.3 Å². The number of aromatic hydroxyl groups is 1. The number of rotatable bonds is 3. The molecule has 0 radical (unpaired) electrons. The Morgan fingerprint density at radius 2 is 1.90 bits per heavy atom. The molecule has 2 rings (SSSR count).